The second kappa shape index (κ2) is 5.61. The van der Waals surface area contributed by atoms with Gasteiger partial charge in [-0.1, -0.05) is 6.92 Å². The Kier molecular flexibility index (Phi) is 4.43. The Bertz CT molecular complexity index is 324. The number of nitrogens with one attached hydrogen (secondary N) is 1. The number of rotatable bonds is 5. The molecule has 0 aliphatic carbocycles. The van der Waals surface area contributed by atoms with Crippen molar-refractivity contribution in [1.29, 1.82) is 0 Å². The molecule has 0 aliphatic heterocycles. The summed E-state index contributed by atoms with van der Waals surface area (Å²) in [4.78, 5) is 0. The van der Waals surface area contributed by atoms with E-state index in [1.165, 1.54) is 11.1 Å². The second-order valence-electron chi connectivity index (χ2n) is 3.41. The van der Waals surface area contributed by atoms with Gasteiger partial charge in [-0.15, -0.1) is 0 Å². The number of benzene rings is 1. The lowest BCUT2D eigenvalue weighted by Gasteiger charge is -2.12. The second-order valence-corrected chi connectivity index (χ2v) is 3.41. The molecule has 0 aromatic heterocycles. The number of hydrogen-bond acceptors (Lipinski definition) is 3. The molecule has 1 N–H and O–H groups in total. The molecule has 1 rings (SSSR count). The minimum atomic E-state index is 0.787. The van der Waals surface area contributed by atoms with Crippen LogP contribution >= 0.6 is 0 Å². The highest BCUT2D eigenvalue weighted by Crippen LogP contribution is 2.30. The van der Waals surface area contributed by atoms with E-state index in [0.29, 0.717) is 0 Å². The Morgan fingerprint density at radius 1 is 1.13 bits per heavy atom. The van der Waals surface area contributed by atoms with Gasteiger partial charge in [0.2, 0.25) is 0 Å². The number of hydrogen-bond donors (Lipinski definition) is 1. The van der Waals surface area contributed by atoms with Crippen molar-refractivity contribution in [3.05, 3.63) is 23.3 Å². The minimum Gasteiger partial charge on any atom is -0.493 e. The topological polar surface area (TPSA) is 30.5 Å². The summed E-state index contributed by atoms with van der Waals surface area (Å²) in [6.45, 7) is 6.00. The number of methoxy groups -OCH3 is 2. The van der Waals surface area contributed by atoms with Crippen LogP contribution in [0.5, 0.6) is 11.5 Å². The van der Waals surface area contributed by atoms with Crippen molar-refractivity contribution in [3.63, 3.8) is 0 Å². The maximum Gasteiger partial charge on any atom is 0.161 e. The molecule has 0 saturated carbocycles. The van der Waals surface area contributed by atoms with E-state index in [-0.39, 0.29) is 0 Å². The lowest BCUT2D eigenvalue weighted by Crippen LogP contribution is -2.12. The van der Waals surface area contributed by atoms with Crippen molar-refractivity contribution < 1.29 is 9.47 Å². The molecule has 1 aromatic rings. The smallest absolute Gasteiger partial charge is 0.161 e. The first-order valence-corrected chi connectivity index (χ1v) is 5.15. The van der Waals surface area contributed by atoms with Gasteiger partial charge in [0.05, 0.1) is 14.2 Å². The van der Waals surface area contributed by atoms with Crippen molar-refractivity contribution in [3.8, 4) is 11.5 Å². The van der Waals surface area contributed by atoms with E-state index in [1.54, 1.807) is 14.2 Å². The van der Waals surface area contributed by atoms with Crippen LogP contribution < -0.4 is 14.8 Å². The first-order valence-electron chi connectivity index (χ1n) is 5.15. The monoisotopic (exact) mass is 209 g/mol. The molecule has 0 spiro atoms. The van der Waals surface area contributed by atoms with Gasteiger partial charge in [-0.2, -0.15) is 0 Å². The molecule has 1 aromatic carbocycles. The van der Waals surface area contributed by atoms with E-state index in [1.807, 2.05) is 12.1 Å². The summed E-state index contributed by atoms with van der Waals surface area (Å²) in [5, 5.41) is 3.30. The lowest BCUT2D eigenvalue weighted by atomic mass is 10.1. The Balaban J connectivity index is 2.97. The summed E-state index contributed by atoms with van der Waals surface area (Å²) in [7, 11) is 3.31. The van der Waals surface area contributed by atoms with E-state index in [0.717, 1.165) is 24.6 Å². The van der Waals surface area contributed by atoms with Crippen LogP contribution in [0.1, 0.15) is 18.1 Å². The van der Waals surface area contributed by atoms with E-state index in [2.05, 4.69) is 19.2 Å². The molecule has 0 bridgehead atoms. The predicted octanol–water partition coefficient (Wildman–Crippen LogP) is 2.12. The molecular formula is C12H19NO2. The lowest BCUT2D eigenvalue weighted by molar-refractivity contribution is 0.354. The Morgan fingerprint density at radius 3 is 2.27 bits per heavy atom. The number of aryl methyl sites for hydroxylation is 1. The fourth-order valence-corrected chi connectivity index (χ4v) is 1.47. The molecule has 0 saturated heterocycles. The third-order valence-electron chi connectivity index (χ3n) is 2.41. The Hall–Kier alpha value is -1.22. The van der Waals surface area contributed by atoms with Crippen LogP contribution in [0.25, 0.3) is 0 Å². The summed E-state index contributed by atoms with van der Waals surface area (Å²) in [5.74, 6) is 1.58. The van der Waals surface area contributed by atoms with E-state index >= 15 is 0 Å². The maximum atomic E-state index is 5.26. The molecule has 3 heteroatoms. The van der Waals surface area contributed by atoms with Gasteiger partial charge in [0, 0.05) is 6.54 Å². The Morgan fingerprint density at radius 2 is 1.73 bits per heavy atom. The van der Waals surface area contributed by atoms with Gasteiger partial charge < -0.3 is 14.8 Å². The average molecular weight is 209 g/mol. The van der Waals surface area contributed by atoms with Gasteiger partial charge in [0.15, 0.2) is 11.5 Å². The van der Waals surface area contributed by atoms with Crippen LogP contribution in [0.15, 0.2) is 12.1 Å². The predicted molar refractivity (Wildman–Crippen MR) is 61.7 cm³/mol. The summed E-state index contributed by atoms with van der Waals surface area (Å²) < 4.78 is 10.5. The third kappa shape index (κ3) is 2.86. The van der Waals surface area contributed by atoms with Gasteiger partial charge in [0.25, 0.3) is 0 Å². The van der Waals surface area contributed by atoms with Crippen molar-refractivity contribution in [2.24, 2.45) is 0 Å². The van der Waals surface area contributed by atoms with E-state index < -0.39 is 0 Å². The maximum absolute atomic E-state index is 5.26. The molecule has 0 radical (unpaired) electrons. The van der Waals surface area contributed by atoms with Crippen LogP contribution in [0, 0.1) is 6.92 Å². The third-order valence-corrected chi connectivity index (χ3v) is 2.41. The van der Waals surface area contributed by atoms with Gasteiger partial charge in [-0.25, -0.2) is 0 Å². The highest BCUT2D eigenvalue weighted by Gasteiger charge is 2.07. The molecule has 0 fully saturated rings. The average Bonchev–Trinajstić information content (AvgIpc) is 2.27. The quantitative estimate of drug-likeness (QED) is 0.805. The van der Waals surface area contributed by atoms with E-state index in [9.17, 15) is 0 Å². The van der Waals surface area contributed by atoms with Gasteiger partial charge in [0.1, 0.15) is 0 Å². The van der Waals surface area contributed by atoms with Crippen LogP contribution in [0.2, 0.25) is 0 Å². The van der Waals surface area contributed by atoms with Gasteiger partial charge in [-0.05, 0) is 36.7 Å². The molecule has 0 atom stereocenters. The molecule has 0 heterocycles. The molecule has 15 heavy (non-hydrogen) atoms. The summed E-state index contributed by atoms with van der Waals surface area (Å²) in [6, 6.07) is 4.03. The summed E-state index contributed by atoms with van der Waals surface area (Å²) in [5.41, 5.74) is 2.46. The molecule has 84 valence electrons. The number of ether oxygens (including phenoxy) is 2. The van der Waals surface area contributed by atoms with Crippen molar-refractivity contribution in [2.45, 2.75) is 20.4 Å². The first kappa shape index (κ1) is 11.9. The van der Waals surface area contributed by atoms with Crippen LogP contribution in [0.4, 0.5) is 0 Å². The standard InChI is InChI=1S/C12H19NO2/c1-5-13-8-10-7-12(15-4)11(14-3)6-9(10)2/h6-7,13H,5,8H2,1-4H3. The zero-order chi connectivity index (χ0) is 11.3. The molecule has 3 nitrogen and oxygen atoms in total. The molecule has 0 aliphatic rings. The van der Waals surface area contributed by atoms with Crippen molar-refractivity contribution >= 4 is 0 Å². The fraction of sp³-hybridized carbons (Fsp3) is 0.500. The first-order chi connectivity index (χ1) is 7.22. The van der Waals surface area contributed by atoms with Crippen LogP contribution in [-0.4, -0.2) is 20.8 Å². The normalized spacial score (nSPS) is 10.1. The van der Waals surface area contributed by atoms with Gasteiger partial charge >= 0.3 is 0 Å². The molecule has 0 amide bonds. The molecular weight excluding hydrogens is 190 g/mol. The SMILES string of the molecule is CCNCc1cc(OC)c(OC)cc1C. The van der Waals surface area contributed by atoms with Crippen LogP contribution in [-0.2, 0) is 6.54 Å². The summed E-state index contributed by atoms with van der Waals surface area (Å²) >= 11 is 0. The Labute approximate surface area is 91.4 Å². The van der Waals surface area contributed by atoms with Crippen LogP contribution in [0.3, 0.4) is 0 Å². The highest BCUT2D eigenvalue weighted by atomic mass is 16.5. The summed E-state index contributed by atoms with van der Waals surface area (Å²) in [6.07, 6.45) is 0. The highest BCUT2D eigenvalue weighted by molar-refractivity contribution is 5.46. The van der Waals surface area contributed by atoms with E-state index in [4.69, 9.17) is 9.47 Å². The van der Waals surface area contributed by atoms with Crippen molar-refractivity contribution in [2.75, 3.05) is 20.8 Å². The van der Waals surface area contributed by atoms with Gasteiger partial charge in [-0.3, -0.25) is 0 Å². The fourth-order valence-electron chi connectivity index (χ4n) is 1.47. The zero-order valence-corrected chi connectivity index (χ0v) is 9.89. The zero-order valence-electron chi connectivity index (χ0n) is 9.89. The van der Waals surface area contributed by atoms with Crippen molar-refractivity contribution in [1.82, 2.24) is 5.32 Å². The largest absolute Gasteiger partial charge is 0.493 e. The minimum absolute atomic E-state index is 0.787. The molecule has 0 unspecified atom stereocenters.